The normalized spacial score (nSPS) is 20.9. The van der Waals surface area contributed by atoms with E-state index in [9.17, 15) is 4.79 Å². The summed E-state index contributed by atoms with van der Waals surface area (Å²) in [5, 5.41) is 6.55. The molecule has 0 saturated carbocycles. The van der Waals surface area contributed by atoms with E-state index in [1.54, 1.807) is 0 Å². The van der Waals surface area contributed by atoms with Crippen LogP contribution in [0.5, 0.6) is 0 Å². The van der Waals surface area contributed by atoms with Gasteiger partial charge in [-0.2, -0.15) is 0 Å². The topological polar surface area (TPSA) is 44.4 Å². The van der Waals surface area contributed by atoms with Crippen LogP contribution >= 0.6 is 0 Å². The van der Waals surface area contributed by atoms with Gasteiger partial charge >= 0.3 is 6.03 Å². The molecule has 106 valence electrons. The average Bonchev–Trinajstić information content (AvgIpc) is 2.24. The van der Waals surface area contributed by atoms with Gasteiger partial charge in [-0.15, -0.1) is 0 Å². The molecule has 1 fully saturated rings. The zero-order valence-electron chi connectivity index (χ0n) is 12.5. The van der Waals surface area contributed by atoms with E-state index in [2.05, 4.69) is 24.5 Å². The first kappa shape index (κ1) is 15.3. The summed E-state index contributed by atoms with van der Waals surface area (Å²) in [7, 11) is 0. The van der Waals surface area contributed by atoms with Crippen LogP contribution in [0.1, 0.15) is 53.9 Å². The van der Waals surface area contributed by atoms with Crippen LogP contribution in [-0.4, -0.2) is 41.6 Å². The molecule has 0 bridgehead atoms. The lowest BCUT2D eigenvalue weighted by atomic mass is 10.0. The lowest BCUT2D eigenvalue weighted by Gasteiger charge is -2.35. The summed E-state index contributed by atoms with van der Waals surface area (Å²) in [4.78, 5) is 14.2. The van der Waals surface area contributed by atoms with Gasteiger partial charge in [0.05, 0.1) is 0 Å². The Balaban J connectivity index is 2.55. The third-order valence-corrected chi connectivity index (χ3v) is 3.20. The maximum atomic E-state index is 12.3. The molecule has 4 nitrogen and oxygen atoms in total. The molecule has 1 saturated heterocycles. The van der Waals surface area contributed by atoms with E-state index in [1.807, 2.05) is 25.7 Å². The van der Waals surface area contributed by atoms with Crippen LogP contribution in [0.15, 0.2) is 0 Å². The van der Waals surface area contributed by atoms with Crippen molar-refractivity contribution >= 4 is 6.03 Å². The monoisotopic (exact) mass is 255 g/mol. The number of carbonyl (C=O) groups is 1. The van der Waals surface area contributed by atoms with Crippen molar-refractivity contribution in [2.24, 2.45) is 0 Å². The number of urea groups is 1. The van der Waals surface area contributed by atoms with E-state index in [4.69, 9.17) is 0 Å². The molecule has 0 aromatic carbocycles. The Hall–Kier alpha value is -0.770. The van der Waals surface area contributed by atoms with Gasteiger partial charge in [0, 0.05) is 24.2 Å². The largest absolute Gasteiger partial charge is 0.333 e. The molecule has 2 N–H and O–H groups in total. The summed E-state index contributed by atoms with van der Waals surface area (Å²) >= 11 is 0. The first-order valence-corrected chi connectivity index (χ1v) is 7.12. The quantitative estimate of drug-likeness (QED) is 0.813. The Morgan fingerprint density at radius 1 is 1.39 bits per heavy atom. The van der Waals surface area contributed by atoms with Gasteiger partial charge in [-0.3, -0.25) is 0 Å². The second kappa shape index (κ2) is 6.41. The molecule has 1 aliphatic rings. The van der Waals surface area contributed by atoms with Crippen LogP contribution in [0.2, 0.25) is 0 Å². The summed E-state index contributed by atoms with van der Waals surface area (Å²) in [6, 6.07) is 0.729. The minimum absolute atomic E-state index is 0.0462. The molecule has 0 aliphatic carbocycles. The van der Waals surface area contributed by atoms with Crippen LogP contribution in [-0.2, 0) is 0 Å². The predicted molar refractivity (Wildman–Crippen MR) is 75.8 cm³/mol. The maximum absolute atomic E-state index is 12.3. The van der Waals surface area contributed by atoms with Gasteiger partial charge in [0.2, 0.25) is 0 Å². The zero-order chi connectivity index (χ0) is 13.8. The average molecular weight is 255 g/mol. The Labute approximate surface area is 111 Å². The Kier molecular flexibility index (Phi) is 5.45. The molecule has 0 aromatic rings. The number of amides is 2. The maximum Gasteiger partial charge on any atom is 0.318 e. The molecule has 0 radical (unpaired) electrons. The van der Waals surface area contributed by atoms with Crippen LogP contribution in [0.3, 0.4) is 0 Å². The highest BCUT2D eigenvalue weighted by Crippen LogP contribution is 2.11. The molecular weight excluding hydrogens is 226 g/mol. The Bertz CT molecular complexity index is 265. The fourth-order valence-electron chi connectivity index (χ4n) is 2.24. The minimum atomic E-state index is -0.176. The summed E-state index contributed by atoms with van der Waals surface area (Å²) < 4.78 is 0. The van der Waals surface area contributed by atoms with Crippen molar-refractivity contribution < 1.29 is 4.79 Å². The van der Waals surface area contributed by atoms with Gasteiger partial charge in [0.25, 0.3) is 0 Å². The zero-order valence-corrected chi connectivity index (χ0v) is 12.5. The number of hydrogen-bond donors (Lipinski definition) is 2. The van der Waals surface area contributed by atoms with Crippen molar-refractivity contribution in [2.75, 3.05) is 13.1 Å². The van der Waals surface area contributed by atoms with Gasteiger partial charge in [0.15, 0.2) is 0 Å². The van der Waals surface area contributed by atoms with E-state index < -0.39 is 0 Å². The molecule has 18 heavy (non-hydrogen) atoms. The smallest absolute Gasteiger partial charge is 0.318 e. The molecule has 4 heteroatoms. The second-order valence-electron chi connectivity index (χ2n) is 6.57. The van der Waals surface area contributed by atoms with E-state index in [0.717, 1.165) is 13.1 Å². The minimum Gasteiger partial charge on any atom is -0.333 e. The lowest BCUT2D eigenvalue weighted by molar-refractivity contribution is 0.162. The molecule has 1 atom stereocenters. The van der Waals surface area contributed by atoms with Crippen molar-refractivity contribution in [3.05, 3.63) is 0 Å². The van der Waals surface area contributed by atoms with Crippen LogP contribution in [0.25, 0.3) is 0 Å². The highest BCUT2D eigenvalue weighted by Gasteiger charge is 2.25. The van der Waals surface area contributed by atoms with Gasteiger partial charge in [-0.05, 0) is 54.0 Å². The number of nitrogens with zero attached hydrogens (tertiary/aromatic N) is 1. The van der Waals surface area contributed by atoms with Crippen molar-refractivity contribution in [3.63, 3.8) is 0 Å². The van der Waals surface area contributed by atoms with E-state index in [1.165, 1.54) is 19.3 Å². The third-order valence-electron chi connectivity index (χ3n) is 3.20. The fraction of sp³-hybridized carbons (Fsp3) is 0.929. The first-order chi connectivity index (χ1) is 8.29. The van der Waals surface area contributed by atoms with Gasteiger partial charge < -0.3 is 15.5 Å². The van der Waals surface area contributed by atoms with E-state index >= 15 is 0 Å². The first-order valence-electron chi connectivity index (χ1n) is 7.12. The SMILES string of the molecule is CC(C)N(CC1CCCCN1)C(=O)NC(C)(C)C. The highest BCUT2D eigenvalue weighted by atomic mass is 16.2. The number of piperidine rings is 1. The van der Waals surface area contributed by atoms with Crippen molar-refractivity contribution in [2.45, 2.75) is 71.5 Å². The standard InChI is InChI=1S/C14H29N3O/c1-11(2)17(13(18)16-14(3,4)5)10-12-8-6-7-9-15-12/h11-12,15H,6-10H2,1-5H3,(H,16,18). The summed E-state index contributed by atoms with van der Waals surface area (Å²) in [6.07, 6.45) is 3.70. The number of hydrogen-bond acceptors (Lipinski definition) is 2. The predicted octanol–water partition coefficient (Wildman–Crippen LogP) is 2.35. The number of nitrogens with one attached hydrogen (secondary N) is 2. The summed E-state index contributed by atoms with van der Waals surface area (Å²) in [5.41, 5.74) is -0.176. The van der Waals surface area contributed by atoms with Crippen LogP contribution in [0, 0.1) is 0 Å². The molecular formula is C14H29N3O. The fourth-order valence-corrected chi connectivity index (χ4v) is 2.24. The Morgan fingerprint density at radius 2 is 2.06 bits per heavy atom. The molecule has 2 amide bonds. The molecule has 1 unspecified atom stereocenters. The number of carbonyl (C=O) groups excluding carboxylic acids is 1. The Morgan fingerprint density at radius 3 is 2.50 bits per heavy atom. The summed E-state index contributed by atoms with van der Waals surface area (Å²) in [5.74, 6) is 0. The summed E-state index contributed by atoms with van der Waals surface area (Å²) in [6.45, 7) is 12.1. The van der Waals surface area contributed by atoms with E-state index in [0.29, 0.717) is 6.04 Å². The highest BCUT2D eigenvalue weighted by molar-refractivity contribution is 5.75. The van der Waals surface area contributed by atoms with Gasteiger partial charge in [0.1, 0.15) is 0 Å². The third kappa shape index (κ3) is 5.25. The molecule has 0 spiro atoms. The molecule has 0 aromatic heterocycles. The van der Waals surface area contributed by atoms with Gasteiger partial charge in [-0.25, -0.2) is 4.79 Å². The number of rotatable bonds is 3. The second-order valence-corrected chi connectivity index (χ2v) is 6.57. The van der Waals surface area contributed by atoms with Gasteiger partial charge in [-0.1, -0.05) is 6.42 Å². The molecule has 1 aliphatic heterocycles. The van der Waals surface area contributed by atoms with Crippen LogP contribution < -0.4 is 10.6 Å². The van der Waals surface area contributed by atoms with Crippen molar-refractivity contribution in [3.8, 4) is 0 Å². The molecule has 1 heterocycles. The van der Waals surface area contributed by atoms with E-state index in [-0.39, 0.29) is 17.6 Å². The lowest BCUT2D eigenvalue weighted by Crippen LogP contribution is -2.54. The molecule has 1 rings (SSSR count). The van der Waals surface area contributed by atoms with Crippen molar-refractivity contribution in [1.82, 2.24) is 15.5 Å². The van der Waals surface area contributed by atoms with Crippen molar-refractivity contribution in [1.29, 1.82) is 0 Å². The van der Waals surface area contributed by atoms with Crippen LogP contribution in [0.4, 0.5) is 4.79 Å².